The molecule has 0 fully saturated rings. The molecule has 0 aliphatic rings. The highest BCUT2D eigenvalue weighted by Crippen LogP contribution is 2.32. The fraction of sp³-hybridized carbons (Fsp3) is 0.0833. The Labute approximate surface area is 197 Å². The van der Waals surface area contributed by atoms with Crippen LogP contribution in [0.4, 0.5) is 18.9 Å². The average Bonchev–Trinajstić information content (AvgIpc) is 3.29. The van der Waals surface area contributed by atoms with Crippen molar-refractivity contribution in [1.29, 1.82) is 0 Å². The van der Waals surface area contributed by atoms with E-state index in [1.807, 2.05) is 31.2 Å². The number of hydrogen-bond acceptors (Lipinski definition) is 4. The van der Waals surface area contributed by atoms with Gasteiger partial charge in [0.05, 0.1) is 16.3 Å². The summed E-state index contributed by atoms with van der Waals surface area (Å²) in [5, 5.41) is -0.239. The third kappa shape index (κ3) is 5.32. The maximum Gasteiger partial charge on any atom is 0.417 e. The SMILES string of the molecule is Cc1ccc(Oc2ccc(NNC(=O)c3cccn3-c3ncc(C(F)(F)F)cc3Cl)cc2)cc1. The van der Waals surface area contributed by atoms with Crippen molar-refractivity contribution in [3.05, 3.63) is 101 Å². The van der Waals surface area contributed by atoms with E-state index < -0.39 is 17.6 Å². The van der Waals surface area contributed by atoms with Gasteiger partial charge in [0.15, 0.2) is 5.82 Å². The fourth-order valence-electron chi connectivity index (χ4n) is 3.06. The summed E-state index contributed by atoms with van der Waals surface area (Å²) in [6.45, 7) is 1.99. The van der Waals surface area contributed by atoms with E-state index in [9.17, 15) is 18.0 Å². The van der Waals surface area contributed by atoms with Gasteiger partial charge >= 0.3 is 6.18 Å². The smallest absolute Gasteiger partial charge is 0.417 e. The van der Waals surface area contributed by atoms with E-state index in [0.29, 0.717) is 23.4 Å². The molecule has 2 aromatic heterocycles. The molecule has 4 aromatic rings. The number of pyridine rings is 1. The molecule has 0 aliphatic carbocycles. The molecule has 0 spiro atoms. The molecule has 2 N–H and O–H groups in total. The van der Waals surface area contributed by atoms with E-state index in [2.05, 4.69) is 15.8 Å². The molecule has 0 unspecified atom stereocenters. The van der Waals surface area contributed by atoms with E-state index in [-0.39, 0.29) is 16.5 Å². The second kappa shape index (κ2) is 9.48. The number of benzene rings is 2. The first-order valence-corrected chi connectivity index (χ1v) is 10.4. The molecule has 0 radical (unpaired) electrons. The number of nitrogens with zero attached hydrogens (tertiary/aromatic N) is 2. The largest absolute Gasteiger partial charge is 0.457 e. The summed E-state index contributed by atoms with van der Waals surface area (Å²) in [6.07, 6.45) is -2.42. The van der Waals surface area contributed by atoms with E-state index in [4.69, 9.17) is 16.3 Å². The molecule has 4 rings (SSSR count). The number of ether oxygens (including phenoxy) is 1. The molecule has 0 aliphatic heterocycles. The molecule has 0 saturated heterocycles. The number of carbonyl (C=O) groups excluding carboxylic acids is 1. The van der Waals surface area contributed by atoms with Crippen molar-refractivity contribution in [1.82, 2.24) is 15.0 Å². The van der Waals surface area contributed by atoms with Crippen LogP contribution in [0.3, 0.4) is 0 Å². The second-order valence-electron chi connectivity index (χ2n) is 7.31. The lowest BCUT2D eigenvalue weighted by molar-refractivity contribution is -0.137. The van der Waals surface area contributed by atoms with Gasteiger partial charge < -0.3 is 4.74 Å². The quantitative estimate of drug-likeness (QED) is 0.309. The lowest BCUT2D eigenvalue weighted by Crippen LogP contribution is -2.31. The first kappa shape index (κ1) is 23.2. The van der Waals surface area contributed by atoms with Crippen LogP contribution in [0.5, 0.6) is 11.5 Å². The minimum atomic E-state index is -4.57. The van der Waals surface area contributed by atoms with Crippen LogP contribution in [0.2, 0.25) is 5.02 Å². The number of aromatic nitrogens is 2. The van der Waals surface area contributed by atoms with Crippen LogP contribution >= 0.6 is 11.6 Å². The molecule has 6 nitrogen and oxygen atoms in total. The summed E-state index contributed by atoms with van der Waals surface area (Å²) >= 11 is 6.01. The Balaban J connectivity index is 1.42. The Morgan fingerprint density at radius 2 is 1.68 bits per heavy atom. The van der Waals surface area contributed by atoms with E-state index >= 15 is 0 Å². The number of hydrogen-bond donors (Lipinski definition) is 2. The van der Waals surface area contributed by atoms with Gasteiger partial charge in [0.1, 0.15) is 17.2 Å². The molecule has 174 valence electrons. The summed E-state index contributed by atoms with van der Waals surface area (Å²) in [7, 11) is 0. The first-order chi connectivity index (χ1) is 16.2. The zero-order chi connectivity index (χ0) is 24.3. The van der Waals surface area contributed by atoms with Gasteiger partial charge in [0, 0.05) is 12.4 Å². The minimum Gasteiger partial charge on any atom is -0.457 e. The Morgan fingerprint density at radius 1 is 1.03 bits per heavy atom. The Morgan fingerprint density at radius 3 is 2.29 bits per heavy atom. The van der Waals surface area contributed by atoms with Crippen molar-refractivity contribution in [2.45, 2.75) is 13.1 Å². The summed E-state index contributed by atoms with van der Waals surface area (Å²) in [4.78, 5) is 16.5. The number of aryl methyl sites for hydroxylation is 1. The highest BCUT2D eigenvalue weighted by atomic mass is 35.5. The van der Waals surface area contributed by atoms with E-state index in [1.165, 1.54) is 16.8 Å². The molecule has 0 atom stereocenters. The predicted octanol–water partition coefficient (Wildman–Crippen LogP) is 6.40. The Bertz CT molecular complexity index is 1300. The van der Waals surface area contributed by atoms with Crippen LogP contribution in [-0.4, -0.2) is 15.5 Å². The average molecular weight is 487 g/mol. The van der Waals surface area contributed by atoms with Gasteiger partial charge in [-0.2, -0.15) is 13.2 Å². The number of hydrazine groups is 1. The lowest BCUT2D eigenvalue weighted by Gasteiger charge is -2.13. The van der Waals surface area contributed by atoms with Crippen LogP contribution in [0, 0.1) is 6.92 Å². The van der Waals surface area contributed by atoms with Gasteiger partial charge in [-0.05, 0) is 61.5 Å². The number of amides is 1. The highest BCUT2D eigenvalue weighted by molar-refractivity contribution is 6.32. The summed E-state index contributed by atoms with van der Waals surface area (Å²) in [5.74, 6) is 0.790. The maximum absolute atomic E-state index is 12.9. The van der Waals surface area contributed by atoms with Crippen LogP contribution < -0.4 is 15.6 Å². The second-order valence-corrected chi connectivity index (χ2v) is 7.72. The molecule has 10 heteroatoms. The first-order valence-electron chi connectivity index (χ1n) is 10.0. The number of carbonyl (C=O) groups is 1. The summed E-state index contributed by atoms with van der Waals surface area (Å²) in [5.41, 5.74) is 6.19. The molecular formula is C24H18ClF3N4O2. The summed E-state index contributed by atoms with van der Waals surface area (Å²) < 4.78 is 45.7. The van der Waals surface area contributed by atoms with Crippen molar-refractivity contribution >= 4 is 23.2 Å². The minimum absolute atomic E-state index is 0.00224. The molecule has 2 heterocycles. The monoisotopic (exact) mass is 486 g/mol. The number of alkyl halides is 3. The third-order valence-electron chi connectivity index (χ3n) is 4.79. The molecular weight excluding hydrogens is 469 g/mol. The maximum atomic E-state index is 12.9. The van der Waals surface area contributed by atoms with Crippen LogP contribution in [0.1, 0.15) is 21.6 Å². The van der Waals surface area contributed by atoms with Crippen molar-refractivity contribution in [3.8, 4) is 17.3 Å². The normalized spacial score (nSPS) is 11.2. The van der Waals surface area contributed by atoms with Gasteiger partial charge in [0.2, 0.25) is 0 Å². The van der Waals surface area contributed by atoms with Gasteiger partial charge in [-0.25, -0.2) is 4.98 Å². The molecule has 34 heavy (non-hydrogen) atoms. The van der Waals surface area contributed by atoms with E-state index in [1.54, 1.807) is 30.3 Å². The predicted molar refractivity (Wildman–Crippen MR) is 122 cm³/mol. The fourth-order valence-corrected chi connectivity index (χ4v) is 3.31. The topological polar surface area (TPSA) is 68.2 Å². The van der Waals surface area contributed by atoms with Crippen LogP contribution in [0.25, 0.3) is 5.82 Å². The van der Waals surface area contributed by atoms with E-state index in [0.717, 1.165) is 11.6 Å². The molecule has 1 amide bonds. The van der Waals surface area contributed by atoms with Crippen LogP contribution in [0.15, 0.2) is 79.1 Å². The Hall–Kier alpha value is -3.98. The molecule has 2 aromatic carbocycles. The number of anilines is 1. The summed E-state index contributed by atoms with van der Waals surface area (Å²) in [6, 6.07) is 18.4. The van der Waals surface area contributed by atoms with Crippen LogP contribution in [-0.2, 0) is 6.18 Å². The Kier molecular flexibility index (Phi) is 6.47. The van der Waals surface area contributed by atoms with Gasteiger partial charge in [-0.15, -0.1) is 0 Å². The zero-order valence-electron chi connectivity index (χ0n) is 17.7. The van der Waals surface area contributed by atoms with Crippen molar-refractivity contribution in [2.24, 2.45) is 0 Å². The lowest BCUT2D eigenvalue weighted by atomic mass is 10.2. The molecule has 0 bridgehead atoms. The van der Waals surface area contributed by atoms with Crippen molar-refractivity contribution in [2.75, 3.05) is 5.43 Å². The number of rotatable bonds is 6. The highest BCUT2D eigenvalue weighted by Gasteiger charge is 2.32. The van der Waals surface area contributed by atoms with Gasteiger partial charge in [-0.3, -0.25) is 20.2 Å². The molecule has 0 saturated carbocycles. The van der Waals surface area contributed by atoms with Gasteiger partial charge in [-0.1, -0.05) is 29.3 Å². The van der Waals surface area contributed by atoms with Crippen molar-refractivity contribution in [3.63, 3.8) is 0 Å². The number of nitrogens with one attached hydrogen (secondary N) is 2. The van der Waals surface area contributed by atoms with Gasteiger partial charge in [0.25, 0.3) is 5.91 Å². The zero-order valence-corrected chi connectivity index (χ0v) is 18.5. The number of halogens is 4. The van der Waals surface area contributed by atoms with Crippen molar-refractivity contribution < 1.29 is 22.7 Å². The standard InChI is InChI=1S/C24H18ClF3N4O2/c1-15-4-8-18(9-5-15)34-19-10-6-17(7-11-19)30-31-23(33)21-3-2-12-32(21)22-20(25)13-16(14-29-22)24(26,27)28/h2-14,30H,1H3,(H,31,33). The third-order valence-corrected chi connectivity index (χ3v) is 5.07.